The minimum absolute atomic E-state index is 0.269. The van der Waals surface area contributed by atoms with Gasteiger partial charge in [-0.25, -0.2) is 0 Å². The van der Waals surface area contributed by atoms with Crippen molar-refractivity contribution in [2.45, 2.75) is 24.7 Å². The molecule has 2 aliphatic rings. The Hall–Kier alpha value is -2.20. The van der Waals surface area contributed by atoms with Crippen molar-refractivity contribution in [3.05, 3.63) is 59.1 Å². The van der Waals surface area contributed by atoms with E-state index in [9.17, 15) is 4.79 Å². The Balaban J connectivity index is 1.44. The van der Waals surface area contributed by atoms with Crippen LogP contribution in [0.25, 0.3) is 0 Å². The number of hydrogen-bond donors (Lipinski definition) is 0. The van der Waals surface area contributed by atoms with E-state index in [0.717, 1.165) is 56.8 Å². The van der Waals surface area contributed by atoms with Crippen LogP contribution in [0.4, 0.5) is 5.69 Å². The highest BCUT2D eigenvalue weighted by molar-refractivity contribution is 6.30. The van der Waals surface area contributed by atoms with Crippen molar-refractivity contribution in [1.82, 2.24) is 4.90 Å². The second kappa shape index (κ2) is 7.43. The first kappa shape index (κ1) is 18.2. The average molecular weight is 385 g/mol. The number of methoxy groups -OCH3 is 1. The molecule has 0 spiro atoms. The quantitative estimate of drug-likeness (QED) is 0.794. The second-order valence-electron chi connectivity index (χ2n) is 7.42. The summed E-state index contributed by atoms with van der Waals surface area (Å²) in [5.74, 6) is 1.13. The van der Waals surface area contributed by atoms with Gasteiger partial charge in [-0.2, -0.15) is 0 Å². The smallest absolute Gasteiger partial charge is 0.233 e. The lowest BCUT2D eigenvalue weighted by atomic mass is 9.63. The number of halogens is 1. The summed E-state index contributed by atoms with van der Waals surface area (Å²) in [6.07, 6.45) is 2.94. The van der Waals surface area contributed by atoms with E-state index in [1.165, 1.54) is 5.69 Å². The van der Waals surface area contributed by atoms with Gasteiger partial charge in [0.2, 0.25) is 5.91 Å². The van der Waals surface area contributed by atoms with Gasteiger partial charge in [-0.1, -0.05) is 30.2 Å². The molecule has 5 heteroatoms. The molecule has 27 heavy (non-hydrogen) atoms. The van der Waals surface area contributed by atoms with E-state index in [4.69, 9.17) is 16.3 Å². The fourth-order valence-corrected chi connectivity index (χ4v) is 4.40. The molecule has 0 atom stereocenters. The first-order valence-electron chi connectivity index (χ1n) is 9.57. The molecule has 0 radical (unpaired) electrons. The van der Waals surface area contributed by atoms with E-state index in [2.05, 4.69) is 23.1 Å². The van der Waals surface area contributed by atoms with Gasteiger partial charge in [0.05, 0.1) is 12.5 Å². The SMILES string of the molecule is COc1ccc(N2CCN(C(=O)C3(c4cccc(Cl)c4)CCC3)CC2)cc1. The monoisotopic (exact) mass is 384 g/mol. The Morgan fingerprint density at radius 3 is 2.30 bits per heavy atom. The van der Waals surface area contributed by atoms with Crippen molar-refractivity contribution in [2.75, 3.05) is 38.2 Å². The molecular formula is C22H25ClN2O2. The van der Waals surface area contributed by atoms with Gasteiger partial charge in [0.25, 0.3) is 0 Å². The molecule has 0 unspecified atom stereocenters. The maximum atomic E-state index is 13.4. The van der Waals surface area contributed by atoms with Gasteiger partial charge >= 0.3 is 0 Å². The van der Waals surface area contributed by atoms with E-state index in [1.807, 2.05) is 35.2 Å². The van der Waals surface area contributed by atoms with Gasteiger partial charge in [0, 0.05) is 36.9 Å². The summed E-state index contributed by atoms with van der Waals surface area (Å²) in [6.45, 7) is 3.22. The first-order chi connectivity index (χ1) is 13.1. The lowest BCUT2D eigenvalue weighted by molar-refractivity contribution is -0.141. The van der Waals surface area contributed by atoms with E-state index < -0.39 is 0 Å². The van der Waals surface area contributed by atoms with Gasteiger partial charge < -0.3 is 14.5 Å². The molecular weight excluding hydrogens is 360 g/mol. The molecule has 1 saturated heterocycles. The number of amides is 1. The summed E-state index contributed by atoms with van der Waals surface area (Å²) < 4.78 is 5.23. The van der Waals surface area contributed by atoms with Crippen molar-refractivity contribution in [1.29, 1.82) is 0 Å². The highest BCUT2D eigenvalue weighted by Gasteiger charge is 2.48. The number of anilines is 1. The number of benzene rings is 2. The molecule has 4 rings (SSSR count). The molecule has 2 aromatic carbocycles. The normalized spacial score (nSPS) is 18.7. The Morgan fingerprint density at radius 1 is 1.04 bits per heavy atom. The molecule has 1 saturated carbocycles. The van der Waals surface area contributed by atoms with Crippen molar-refractivity contribution < 1.29 is 9.53 Å². The molecule has 2 fully saturated rings. The van der Waals surface area contributed by atoms with E-state index in [-0.39, 0.29) is 11.3 Å². The predicted octanol–water partition coefficient (Wildman–Crippen LogP) is 4.12. The van der Waals surface area contributed by atoms with Crippen LogP contribution in [0, 0.1) is 0 Å². The van der Waals surface area contributed by atoms with Crippen LogP contribution in [-0.2, 0) is 10.2 Å². The van der Waals surface area contributed by atoms with Gasteiger partial charge in [-0.15, -0.1) is 0 Å². The van der Waals surface area contributed by atoms with Gasteiger partial charge in [-0.05, 0) is 54.8 Å². The first-order valence-corrected chi connectivity index (χ1v) is 9.95. The van der Waals surface area contributed by atoms with Gasteiger partial charge in [0.15, 0.2) is 0 Å². The highest BCUT2D eigenvalue weighted by atomic mass is 35.5. The van der Waals surface area contributed by atoms with Gasteiger partial charge in [-0.3, -0.25) is 4.79 Å². The number of ether oxygens (including phenoxy) is 1. The Kier molecular flexibility index (Phi) is 5.00. The third-order valence-corrected chi connectivity index (χ3v) is 6.23. The standard InChI is InChI=1S/C22H25ClN2O2/c1-27-20-8-6-19(7-9-20)24-12-14-25(15-13-24)21(26)22(10-3-11-22)17-4-2-5-18(23)16-17/h2,4-9,16H,3,10-15H2,1H3. The van der Waals surface area contributed by atoms with Crippen molar-refractivity contribution >= 4 is 23.2 Å². The summed E-state index contributed by atoms with van der Waals surface area (Å²) in [5, 5.41) is 0.705. The third-order valence-electron chi connectivity index (χ3n) is 6.00. The lowest BCUT2D eigenvalue weighted by Gasteiger charge is -2.46. The molecule has 2 aromatic rings. The maximum absolute atomic E-state index is 13.4. The van der Waals surface area contributed by atoms with Crippen LogP contribution in [0.1, 0.15) is 24.8 Å². The van der Waals surface area contributed by atoms with E-state index in [0.29, 0.717) is 5.02 Å². The Morgan fingerprint density at radius 2 is 1.74 bits per heavy atom. The van der Waals surface area contributed by atoms with Crippen LogP contribution in [0.3, 0.4) is 0 Å². The molecule has 0 N–H and O–H groups in total. The van der Waals surface area contributed by atoms with E-state index in [1.54, 1.807) is 7.11 Å². The van der Waals surface area contributed by atoms with Gasteiger partial charge in [0.1, 0.15) is 5.75 Å². The molecule has 0 aromatic heterocycles. The largest absolute Gasteiger partial charge is 0.497 e. The zero-order valence-electron chi connectivity index (χ0n) is 15.7. The summed E-state index contributed by atoms with van der Waals surface area (Å²) in [5.41, 5.74) is 1.88. The molecule has 4 nitrogen and oxygen atoms in total. The van der Waals surface area contributed by atoms with Crippen LogP contribution in [0.2, 0.25) is 5.02 Å². The predicted molar refractivity (Wildman–Crippen MR) is 109 cm³/mol. The van der Waals surface area contributed by atoms with Crippen LogP contribution < -0.4 is 9.64 Å². The number of rotatable bonds is 4. The van der Waals surface area contributed by atoms with Crippen LogP contribution >= 0.6 is 11.6 Å². The fraction of sp³-hybridized carbons (Fsp3) is 0.409. The maximum Gasteiger partial charge on any atom is 0.233 e. The summed E-state index contributed by atoms with van der Waals surface area (Å²) in [7, 11) is 1.68. The number of carbonyl (C=O) groups excluding carboxylic acids is 1. The Bertz CT molecular complexity index is 809. The summed E-state index contributed by atoms with van der Waals surface area (Å²) in [6, 6.07) is 16.0. The molecule has 1 amide bonds. The minimum Gasteiger partial charge on any atom is -0.497 e. The number of hydrogen-bond acceptors (Lipinski definition) is 3. The van der Waals surface area contributed by atoms with Crippen molar-refractivity contribution in [2.24, 2.45) is 0 Å². The van der Waals surface area contributed by atoms with Crippen molar-refractivity contribution in [3.63, 3.8) is 0 Å². The van der Waals surface area contributed by atoms with Crippen molar-refractivity contribution in [3.8, 4) is 5.75 Å². The molecule has 142 valence electrons. The topological polar surface area (TPSA) is 32.8 Å². The molecule has 0 bridgehead atoms. The number of piperazine rings is 1. The Labute approximate surface area is 165 Å². The minimum atomic E-state index is -0.368. The second-order valence-corrected chi connectivity index (χ2v) is 7.86. The third kappa shape index (κ3) is 3.39. The van der Waals surface area contributed by atoms with E-state index >= 15 is 0 Å². The summed E-state index contributed by atoms with van der Waals surface area (Å²) in [4.78, 5) is 17.8. The number of nitrogens with zero attached hydrogens (tertiary/aromatic N) is 2. The van der Waals surface area contributed by atoms with Crippen LogP contribution in [-0.4, -0.2) is 44.1 Å². The fourth-order valence-electron chi connectivity index (χ4n) is 4.21. The molecule has 1 aliphatic carbocycles. The highest BCUT2D eigenvalue weighted by Crippen LogP contribution is 2.46. The number of carbonyl (C=O) groups is 1. The zero-order valence-corrected chi connectivity index (χ0v) is 16.4. The summed E-state index contributed by atoms with van der Waals surface area (Å²) >= 11 is 6.19. The van der Waals surface area contributed by atoms with Crippen LogP contribution in [0.15, 0.2) is 48.5 Å². The zero-order chi connectivity index (χ0) is 18.9. The van der Waals surface area contributed by atoms with Crippen LogP contribution in [0.5, 0.6) is 5.75 Å². The lowest BCUT2D eigenvalue weighted by Crippen LogP contribution is -2.56. The molecule has 1 aliphatic heterocycles. The molecule has 1 heterocycles. The average Bonchev–Trinajstić information content (AvgIpc) is 2.67.